The largest absolute Gasteiger partial charge is 0.387 e. The van der Waals surface area contributed by atoms with Crippen molar-refractivity contribution in [3.8, 4) is 0 Å². The number of halogens is 2. The highest BCUT2D eigenvalue weighted by Crippen LogP contribution is 2.14. The smallest absolute Gasteiger partial charge is 0.298 e. The van der Waals surface area contributed by atoms with Gasteiger partial charge < -0.3 is 21.5 Å². The molecule has 0 aliphatic heterocycles. The number of nitrogens with two attached hydrogens (primary N) is 1. The van der Waals surface area contributed by atoms with E-state index in [9.17, 15) is 14.7 Å². The molecule has 1 atom stereocenters. The fourth-order valence-corrected chi connectivity index (χ4v) is 3.26. The number of carbonyl (C=O) groups is 2. The Balaban J connectivity index is 0.00000240. The molecule has 1 aromatic heterocycles. The minimum Gasteiger partial charge on any atom is -0.387 e. The second-order valence-electron chi connectivity index (χ2n) is 6.43. The Kier molecular flexibility index (Phi) is 11.2. The van der Waals surface area contributed by atoms with E-state index in [1.54, 1.807) is 12.1 Å². The van der Waals surface area contributed by atoms with Gasteiger partial charge in [0.25, 0.3) is 11.7 Å². The van der Waals surface area contributed by atoms with Crippen LogP contribution in [0.5, 0.6) is 0 Å². The zero-order chi connectivity index (χ0) is 20.6. The molecule has 2 aromatic carbocycles. The quantitative estimate of drug-likeness (QED) is 0.211. The lowest BCUT2D eigenvalue weighted by Gasteiger charge is -2.12. The highest BCUT2D eigenvalue weighted by Gasteiger charge is 2.19. The van der Waals surface area contributed by atoms with Crippen molar-refractivity contribution in [2.45, 2.75) is 12.5 Å². The molecule has 31 heavy (non-hydrogen) atoms. The fraction of sp³-hybridized carbons (Fsp3) is 0.190. The number of aliphatic hydroxyl groups excluding tert-OH is 1. The Hall–Kier alpha value is -2.49. The zero-order valence-corrected chi connectivity index (χ0v) is 18.9. The number of anilines is 2. The maximum absolute atomic E-state index is 12.0. The number of hydrogen-bond donors (Lipinski definition) is 4. The van der Waals surface area contributed by atoms with Gasteiger partial charge in [0.1, 0.15) is 5.69 Å². The normalized spacial score (nSPS) is 11.0. The van der Waals surface area contributed by atoms with Gasteiger partial charge in [0.05, 0.1) is 6.10 Å². The summed E-state index contributed by atoms with van der Waals surface area (Å²) in [4.78, 5) is 27.9. The average molecular weight is 483 g/mol. The van der Waals surface area contributed by atoms with Crippen molar-refractivity contribution in [3.63, 3.8) is 0 Å². The molecule has 0 fully saturated rings. The molecule has 0 aliphatic carbocycles. The highest BCUT2D eigenvalue weighted by molar-refractivity contribution is 7.13. The lowest BCUT2D eigenvalue weighted by Crippen LogP contribution is -2.24. The van der Waals surface area contributed by atoms with Gasteiger partial charge in [-0.2, -0.15) is 0 Å². The van der Waals surface area contributed by atoms with Crippen LogP contribution in [0, 0.1) is 0 Å². The van der Waals surface area contributed by atoms with E-state index in [2.05, 4.69) is 15.6 Å². The monoisotopic (exact) mass is 482 g/mol. The molecule has 0 unspecified atom stereocenters. The Morgan fingerprint density at radius 2 is 1.74 bits per heavy atom. The lowest BCUT2D eigenvalue weighted by molar-refractivity contribution is -0.112. The van der Waals surface area contributed by atoms with Crippen LogP contribution in [-0.4, -0.2) is 34.9 Å². The van der Waals surface area contributed by atoms with Gasteiger partial charge in [0.2, 0.25) is 0 Å². The number of hydrogen-bond acceptors (Lipinski definition) is 7. The van der Waals surface area contributed by atoms with Crippen molar-refractivity contribution in [2.75, 3.05) is 24.1 Å². The van der Waals surface area contributed by atoms with Crippen molar-refractivity contribution in [1.82, 2.24) is 10.3 Å². The van der Waals surface area contributed by atoms with Crippen molar-refractivity contribution in [3.05, 3.63) is 76.8 Å². The van der Waals surface area contributed by atoms with Gasteiger partial charge in [-0.25, -0.2) is 4.98 Å². The fourth-order valence-electron chi connectivity index (χ4n) is 2.72. The molecule has 0 aliphatic rings. The number of aromatic nitrogens is 1. The van der Waals surface area contributed by atoms with Crippen LogP contribution in [0.1, 0.15) is 27.7 Å². The van der Waals surface area contributed by atoms with E-state index in [1.807, 2.05) is 42.5 Å². The predicted molar refractivity (Wildman–Crippen MR) is 128 cm³/mol. The topological polar surface area (TPSA) is 117 Å². The SMILES string of the molecule is Cl.Cl.Nc1nc(C(=O)C(=O)Nc2ccc(CCNC[C@H](O)c3ccccc3)cc2)cs1. The maximum Gasteiger partial charge on any atom is 0.298 e. The summed E-state index contributed by atoms with van der Waals surface area (Å²) in [6.07, 6.45) is 0.228. The molecule has 5 N–H and O–H groups in total. The summed E-state index contributed by atoms with van der Waals surface area (Å²) in [7, 11) is 0. The van der Waals surface area contributed by atoms with Crippen LogP contribution in [0.4, 0.5) is 10.8 Å². The first kappa shape index (κ1) is 26.5. The van der Waals surface area contributed by atoms with Crippen LogP contribution in [-0.2, 0) is 11.2 Å². The summed E-state index contributed by atoms with van der Waals surface area (Å²) in [5, 5.41) is 17.6. The predicted octanol–water partition coefficient (Wildman–Crippen LogP) is 3.26. The van der Waals surface area contributed by atoms with Crippen LogP contribution in [0.25, 0.3) is 0 Å². The number of nitrogens with zero attached hydrogens (tertiary/aromatic N) is 1. The Morgan fingerprint density at radius 3 is 2.35 bits per heavy atom. The van der Waals surface area contributed by atoms with Crippen molar-refractivity contribution in [1.29, 1.82) is 0 Å². The number of carbonyl (C=O) groups excluding carboxylic acids is 2. The minimum atomic E-state index is -0.750. The summed E-state index contributed by atoms with van der Waals surface area (Å²) >= 11 is 1.11. The van der Waals surface area contributed by atoms with Crippen LogP contribution < -0.4 is 16.4 Å². The molecule has 1 heterocycles. The molecule has 3 aromatic rings. The number of ketones is 1. The van der Waals surface area contributed by atoms with E-state index in [4.69, 9.17) is 5.73 Å². The summed E-state index contributed by atoms with van der Waals surface area (Å²) < 4.78 is 0. The average Bonchev–Trinajstić information content (AvgIpc) is 3.18. The van der Waals surface area contributed by atoms with Crippen LogP contribution in [0.15, 0.2) is 60.0 Å². The second kappa shape index (κ2) is 13.0. The van der Waals surface area contributed by atoms with E-state index in [0.717, 1.165) is 28.9 Å². The summed E-state index contributed by atoms with van der Waals surface area (Å²) in [5.74, 6) is -1.47. The van der Waals surface area contributed by atoms with Gasteiger partial charge in [-0.3, -0.25) is 9.59 Å². The molecule has 166 valence electrons. The number of Topliss-reactive ketones (excluding diaryl/α,β-unsaturated/α-hetero) is 1. The van der Waals surface area contributed by atoms with E-state index in [-0.39, 0.29) is 35.6 Å². The molecule has 1 amide bonds. The van der Waals surface area contributed by atoms with Crippen molar-refractivity contribution < 1.29 is 14.7 Å². The third-order valence-electron chi connectivity index (χ3n) is 4.29. The second-order valence-corrected chi connectivity index (χ2v) is 7.32. The molecular formula is C21H24Cl2N4O3S. The highest BCUT2D eigenvalue weighted by atomic mass is 35.5. The van der Waals surface area contributed by atoms with Gasteiger partial charge in [0, 0.05) is 17.6 Å². The molecule has 0 saturated carbocycles. The first-order chi connectivity index (χ1) is 14.0. The van der Waals surface area contributed by atoms with Gasteiger partial charge >= 0.3 is 0 Å². The van der Waals surface area contributed by atoms with E-state index in [1.165, 1.54) is 5.38 Å². The Labute approximate surface area is 196 Å². The van der Waals surface area contributed by atoms with Crippen LogP contribution >= 0.6 is 36.2 Å². The molecule has 0 radical (unpaired) electrons. The van der Waals surface area contributed by atoms with Crippen LogP contribution in [0.2, 0.25) is 0 Å². The summed E-state index contributed by atoms with van der Waals surface area (Å²) in [5.41, 5.74) is 8.02. The lowest BCUT2D eigenvalue weighted by atomic mass is 10.1. The van der Waals surface area contributed by atoms with Gasteiger partial charge in [0.15, 0.2) is 5.13 Å². The number of rotatable bonds is 9. The third-order valence-corrected chi connectivity index (χ3v) is 4.96. The molecule has 7 nitrogen and oxygen atoms in total. The van der Waals surface area contributed by atoms with Crippen LogP contribution in [0.3, 0.4) is 0 Å². The number of benzene rings is 2. The summed E-state index contributed by atoms with van der Waals surface area (Å²) in [6, 6.07) is 16.8. The summed E-state index contributed by atoms with van der Waals surface area (Å²) in [6.45, 7) is 1.18. The molecule has 0 bridgehead atoms. The van der Waals surface area contributed by atoms with E-state index in [0.29, 0.717) is 18.8 Å². The number of amides is 1. The molecule has 10 heteroatoms. The first-order valence-electron chi connectivity index (χ1n) is 9.12. The standard InChI is InChI=1S/C21H22N4O3S.2ClH/c22-21-25-17(13-29-21)19(27)20(28)24-16-8-6-14(7-9-16)10-11-23-12-18(26)15-4-2-1-3-5-15;;/h1-9,13,18,23,26H,10-12H2,(H2,22,25)(H,24,28);2*1H/t18-;;/m0../s1. The van der Waals surface area contributed by atoms with E-state index >= 15 is 0 Å². The molecular weight excluding hydrogens is 459 g/mol. The third kappa shape index (κ3) is 7.93. The Morgan fingerprint density at radius 1 is 1.06 bits per heavy atom. The van der Waals surface area contributed by atoms with Gasteiger partial charge in [-0.1, -0.05) is 42.5 Å². The van der Waals surface area contributed by atoms with E-state index < -0.39 is 17.8 Å². The number of thiazole rings is 1. The molecule has 3 rings (SSSR count). The number of aliphatic hydroxyl groups is 1. The molecule has 0 spiro atoms. The minimum absolute atomic E-state index is 0. The van der Waals surface area contributed by atoms with Crippen molar-refractivity contribution >= 4 is 58.7 Å². The maximum atomic E-state index is 12.0. The number of nitrogens with one attached hydrogen (secondary N) is 2. The molecule has 0 saturated heterocycles. The Bertz CT molecular complexity index is 968. The van der Waals surface area contributed by atoms with Gasteiger partial charge in [-0.05, 0) is 36.2 Å². The van der Waals surface area contributed by atoms with Crippen molar-refractivity contribution in [2.24, 2.45) is 0 Å². The first-order valence-corrected chi connectivity index (χ1v) is 10.0. The zero-order valence-electron chi connectivity index (χ0n) is 16.5. The van der Waals surface area contributed by atoms with Gasteiger partial charge in [-0.15, -0.1) is 36.2 Å². The number of nitrogen functional groups attached to an aromatic ring is 1.